The number of rotatable bonds is 4. The van der Waals surface area contributed by atoms with Crippen LogP contribution in [0.4, 0.5) is 4.79 Å². The minimum atomic E-state index is -2.18. The fourth-order valence-electron chi connectivity index (χ4n) is 1.17. The summed E-state index contributed by atoms with van der Waals surface area (Å²) >= 11 is 0. The van der Waals surface area contributed by atoms with E-state index >= 15 is 0 Å². The number of esters is 1. The summed E-state index contributed by atoms with van der Waals surface area (Å²) in [7, 11) is -0.875. The van der Waals surface area contributed by atoms with E-state index in [1.54, 1.807) is 0 Å². The highest BCUT2D eigenvalue weighted by Gasteiger charge is 2.41. The van der Waals surface area contributed by atoms with Crippen LogP contribution in [0.15, 0.2) is 0 Å². The Hall–Kier alpha value is -1.04. The van der Waals surface area contributed by atoms with Crippen LogP contribution in [0, 0.1) is 5.92 Å². The van der Waals surface area contributed by atoms with Crippen molar-refractivity contribution < 1.29 is 18.8 Å². The molecule has 0 rings (SSSR count). The van der Waals surface area contributed by atoms with Crippen LogP contribution in [0.1, 0.15) is 34.6 Å². The molecule has 1 amide bonds. The Morgan fingerprint density at radius 3 is 1.95 bits per heavy atom. The molecule has 0 saturated carbocycles. The molecule has 19 heavy (non-hydrogen) atoms. The molecule has 0 aromatic rings. The highest BCUT2D eigenvalue weighted by molar-refractivity contribution is 6.75. The monoisotopic (exact) mass is 289 g/mol. The molecule has 0 aliphatic heterocycles. The summed E-state index contributed by atoms with van der Waals surface area (Å²) in [5.74, 6) is -0.512. The standard InChI is InChI=1S/C13H27NO4Si/c1-9(2)10(11(15)17-6)14-12(16)18-19(7,8)13(3,4)5/h9-10H,1-8H3,(H,14,16)/t10-/m0/s1. The lowest BCUT2D eigenvalue weighted by Gasteiger charge is -2.35. The van der Waals surface area contributed by atoms with E-state index in [0.29, 0.717) is 0 Å². The van der Waals surface area contributed by atoms with Gasteiger partial charge in [-0.3, -0.25) is 0 Å². The smallest absolute Gasteiger partial charge is 0.394 e. The Kier molecular flexibility index (Phi) is 6.06. The van der Waals surface area contributed by atoms with Crippen molar-refractivity contribution in [2.45, 2.75) is 58.8 Å². The topological polar surface area (TPSA) is 64.6 Å². The lowest BCUT2D eigenvalue weighted by atomic mass is 10.1. The van der Waals surface area contributed by atoms with Crippen LogP contribution in [0.25, 0.3) is 0 Å². The van der Waals surface area contributed by atoms with Gasteiger partial charge in [0.05, 0.1) is 7.11 Å². The van der Waals surface area contributed by atoms with Crippen LogP contribution in [-0.4, -0.2) is 33.5 Å². The maximum atomic E-state index is 11.9. The lowest BCUT2D eigenvalue weighted by molar-refractivity contribution is -0.144. The molecular weight excluding hydrogens is 262 g/mol. The fraction of sp³-hybridized carbons (Fsp3) is 0.846. The Morgan fingerprint density at radius 2 is 1.63 bits per heavy atom. The molecular formula is C13H27NO4Si. The molecule has 5 nitrogen and oxygen atoms in total. The zero-order valence-corrected chi connectivity index (χ0v) is 14.3. The zero-order valence-electron chi connectivity index (χ0n) is 13.3. The van der Waals surface area contributed by atoms with Gasteiger partial charge in [-0.2, -0.15) is 0 Å². The molecule has 0 fully saturated rings. The third-order valence-corrected chi connectivity index (χ3v) is 7.86. The molecule has 6 heteroatoms. The predicted molar refractivity (Wildman–Crippen MR) is 77.5 cm³/mol. The second kappa shape index (κ2) is 6.41. The van der Waals surface area contributed by atoms with Gasteiger partial charge in [0.15, 0.2) is 0 Å². The largest absolute Gasteiger partial charge is 0.504 e. The van der Waals surface area contributed by atoms with Gasteiger partial charge in [0.2, 0.25) is 0 Å². The summed E-state index contributed by atoms with van der Waals surface area (Å²) in [5, 5.41) is 2.53. The molecule has 0 radical (unpaired) electrons. The van der Waals surface area contributed by atoms with Crippen LogP contribution in [0.5, 0.6) is 0 Å². The normalized spacial score (nSPS) is 13.9. The number of hydrogen-bond donors (Lipinski definition) is 1. The van der Waals surface area contributed by atoms with E-state index in [4.69, 9.17) is 4.43 Å². The maximum absolute atomic E-state index is 11.9. The number of methoxy groups -OCH3 is 1. The second-order valence-corrected chi connectivity index (χ2v) is 11.3. The van der Waals surface area contributed by atoms with Crippen molar-refractivity contribution in [1.82, 2.24) is 5.32 Å². The number of carbonyl (C=O) groups is 2. The summed E-state index contributed by atoms with van der Waals surface area (Å²) < 4.78 is 10.2. The van der Waals surface area contributed by atoms with Crippen LogP contribution < -0.4 is 5.32 Å². The van der Waals surface area contributed by atoms with Gasteiger partial charge in [-0.05, 0) is 24.1 Å². The fourth-order valence-corrected chi connectivity index (χ4v) is 1.99. The van der Waals surface area contributed by atoms with E-state index in [1.807, 2.05) is 47.7 Å². The summed E-state index contributed by atoms with van der Waals surface area (Å²) in [5.41, 5.74) is 0. The number of nitrogens with one attached hydrogen (secondary N) is 1. The van der Waals surface area contributed by atoms with Crippen LogP contribution in [0.2, 0.25) is 18.1 Å². The van der Waals surface area contributed by atoms with Crippen molar-refractivity contribution >= 4 is 20.4 Å². The number of carbonyl (C=O) groups excluding carboxylic acids is 2. The van der Waals surface area contributed by atoms with Gasteiger partial charge in [-0.1, -0.05) is 34.6 Å². The zero-order chi connectivity index (χ0) is 15.4. The SMILES string of the molecule is COC(=O)[C@@H](NC(=O)O[Si](C)(C)C(C)(C)C)C(C)C. The van der Waals surface area contributed by atoms with Crippen molar-refractivity contribution in [2.75, 3.05) is 7.11 Å². The molecule has 0 heterocycles. The Balaban J connectivity index is 4.73. The minimum Gasteiger partial charge on any atom is -0.504 e. The van der Waals surface area contributed by atoms with E-state index in [0.717, 1.165) is 0 Å². The van der Waals surface area contributed by atoms with Crippen molar-refractivity contribution in [3.05, 3.63) is 0 Å². The highest BCUT2D eigenvalue weighted by atomic mass is 28.4. The molecule has 0 aromatic carbocycles. The van der Waals surface area contributed by atoms with Gasteiger partial charge in [0, 0.05) is 0 Å². The third-order valence-electron chi connectivity index (χ3n) is 3.55. The van der Waals surface area contributed by atoms with Crippen molar-refractivity contribution in [1.29, 1.82) is 0 Å². The van der Waals surface area contributed by atoms with Crippen LogP contribution in [-0.2, 0) is 14.0 Å². The Bertz CT molecular complexity index is 334. The molecule has 0 bridgehead atoms. The van der Waals surface area contributed by atoms with Gasteiger partial charge in [-0.15, -0.1) is 0 Å². The average molecular weight is 289 g/mol. The number of amides is 1. The predicted octanol–water partition coefficient (Wildman–Crippen LogP) is 2.92. The molecule has 0 aliphatic carbocycles. The van der Waals surface area contributed by atoms with Crippen LogP contribution in [0.3, 0.4) is 0 Å². The van der Waals surface area contributed by atoms with Crippen molar-refractivity contribution in [3.8, 4) is 0 Å². The summed E-state index contributed by atoms with van der Waals surface area (Å²) in [4.78, 5) is 23.5. The molecule has 112 valence electrons. The first-order valence-corrected chi connectivity index (χ1v) is 9.40. The number of ether oxygens (including phenoxy) is 1. The lowest BCUT2D eigenvalue weighted by Crippen LogP contribution is -2.50. The molecule has 0 spiro atoms. The average Bonchev–Trinajstić information content (AvgIpc) is 2.22. The molecule has 0 unspecified atom stereocenters. The van der Waals surface area contributed by atoms with Gasteiger partial charge in [-0.25, -0.2) is 9.59 Å². The Labute approximate surface area is 117 Å². The Morgan fingerprint density at radius 1 is 1.16 bits per heavy atom. The van der Waals surface area contributed by atoms with E-state index in [-0.39, 0.29) is 11.0 Å². The van der Waals surface area contributed by atoms with Gasteiger partial charge < -0.3 is 14.5 Å². The first kappa shape index (κ1) is 18.0. The van der Waals surface area contributed by atoms with Gasteiger partial charge >= 0.3 is 12.1 Å². The van der Waals surface area contributed by atoms with Crippen LogP contribution >= 0.6 is 0 Å². The third kappa shape index (κ3) is 5.22. The summed E-state index contributed by atoms with van der Waals surface area (Å²) in [6, 6.07) is -0.678. The quantitative estimate of drug-likeness (QED) is 0.638. The maximum Gasteiger partial charge on any atom is 0.394 e. The summed E-state index contributed by atoms with van der Waals surface area (Å²) in [6.45, 7) is 13.8. The van der Waals surface area contributed by atoms with E-state index in [1.165, 1.54) is 7.11 Å². The first-order chi connectivity index (χ1) is 8.42. The van der Waals surface area contributed by atoms with Crippen molar-refractivity contribution in [2.24, 2.45) is 5.92 Å². The molecule has 1 N–H and O–H groups in total. The first-order valence-electron chi connectivity index (χ1n) is 6.49. The minimum absolute atomic E-state index is 0.0561. The molecule has 0 aliphatic rings. The van der Waals surface area contributed by atoms with E-state index in [2.05, 4.69) is 10.1 Å². The summed E-state index contributed by atoms with van der Waals surface area (Å²) in [6.07, 6.45) is -0.546. The van der Waals surface area contributed by atoms with Crippen molar-refractivity contribution in [3.63, 3.8) is 0 Å². The van der Waals surface area contributed by atoms with Gasteiger partial charge in [0.1, 0.15) is 6.04 Å². The van der Waals surface area contributed by atoms with E-state index in [9.17, 15) is 9.59 Å². The molecule has 0 saturated heterocycles. The highest BCUT2D eigenvalue weighted by Crippen LogP contribution is 2.36. The number of hydrogen-bond acceptors (Lipinski definition) is 4. The van der Waals surface area contributed by atoms with Gasteiger partial charge in [0.25, 0.3) is 8.32 Å². The molecule has 0 aromatic heterocycles. The molecule has 1 atom stereocenters. The van der Waals surface area contributed by atoms with E-state index < -0.39 is 26.4 Å². The second-order valence-electron chi connectivity index (χ2n) is 6.54.